The standard InChI is InChI=1S/C8H10N2O4/c11-7(6-8(12)14-5-9-6)10-1-3-13-4-2-10/h5-6H,1-4H2. The van der Waals surface area contributed by atoms with Crippen LogP contribution in [-0.2, 0) is 19.1 Å². The molecule has 0 aliphatic carbocycles. The number of hydrogen-bond donors (Lipinski definition) is 0. The van der Waals surface area contributed by atoms with E-state index in [2.05, 4.69) is 9.73 Å². The number of nitrogens with zero attached hydrogens (tertiary/aromatic N) is 2. The highest BCUT2D eigenvalue weighted by Gasteiger charge is 2.34. The third-order valence-electron chi connectivity index (χ3n) is 2.16. The Morgan fingerprint density at radius 1 is 1.50 bits per heavy atom. The lowest BCUT2D eigenvalue weighted by Crippen LogP contribution is -2.46. The zero-order chi connectivity index (χ0) is 9.97. The summed E-state index contributed by atoms with van der Waals surface area (Å²) < 4.78 is 9.56. The summed E-state index contributed by atoms with van der Waals surface area (Å²) in [6.07, 6.45) is 1.02. The summed E-state index contributed by atoms with van der Waals surface area (Å²) in [5.41, 5.74) is 0. The molecule has 0 bridgehead atoms. The van der Waals surface area contributed by atoms with Gasteiger partial charge in [0, 0.05) is 13.1 Å². The maximum atomic E-state index is 11.7. The van der Waals surface area contributed by atoms with E-state index >= 15 is 0 Å². The largest absolute Gasteiger partial charge is 0.413 e. The fourth-order valence-corrected chi connectivity index (χ4v) is 1.39. The van der Waals surface area contributed by atoms with E-state index in [0.717, 1.165) is 6.40 Å². The second-order valence-electron chi connectivity index (χ2n) is 3.03. The summed E-state index contributed by atoms with van der Waals surface area (Å²) in [5, 5.41) is 0. The summed E-state index contributed by atoms with van der Waals surface area (Å²) >= 11 is 0. The Kier molecular flexibility index (Phi) is 2.45. The quantitative estimate of drug-likeness (QED) is 0.392. The Bertz CT molecular complexity index is 283. The van der Waals surface area contributed by atoms with Crippen molar-refractivity contribution in [2.45, 2.75) is 6.04 Å². The molecule has 6 heteroatoms. The van der Waals surface area contributed by atoms with E-state index in [1.54, 1.807) is 4.90 Å². The minimum absolute atomic E-state index is 0.299. The Morgan fingerprint density at radius 3 is 2.79 bits per heavy atom. The molecule has 0 aromatic rings. The fraction of sp³-hybridized carbons (Fsp3) is 0.625. The summed E-state index contributed by atoms with van der Waals surface area (Å²) in [6.45, 7) is 2.05. The molecule has 0 N–H and O–H groups in total. The molecule has 1 amide bonds. The zero-order valence-electron chi connectivity index (χ0n) is 7.51. The van der Waals surface area contributed by atoms with Crippen LogP contribution in [0, 0.1) is 0 Å². The summed E-state index contributed by atoms with van der Waals surface area (Å²) in [7, 11) is 0. The Labute approximate surface area is 80.5 Å². The Balaban J connectivity index is 1.99. The number of carbonyl (C=O) groups is 2. The summed E-state index contributed by atoms with van der Waals surface area (Å²) in [5.74, 6) is -0.895. The van der Waals surface area contributed by atoms with Crippen molar-refractivity contribution in [2.75, 3.05) is 26.3 Å². The SMILES string of the molecule is O=C1OC=NC1C(=O)N1CCOCC1. The first kappa shape index (κ1) is 9.14. The van der Waals surface area contributed by atoms with Gasteiger partial charge in [-0.1, -0.05) is 0 Å². The molecule has 1 fully saturated rings. The van der Waals surface area contributed by atoms with Crippen LogP contribution < -0.4 is 0 Å². The lowest BCUT2D eigenvalue weighted by atomic mass is 10.2. The topological polar surface area (TPSA) is 68.2 Å². The number of ether oxygens (including phenoxy) is 2. The fourth-order valence-electron chi connectivity index (χ4n) is 1.39. The van der Waals surface area contributed by atoms with E-state index in [1.807, 2.05) is 0 Å². The summed E-state index contributed by atoms with van der Waals surface area (Å²) in [6, 6.07) is -0.993. The van der Waals surface area contributed by atoms with E-state index in [9.17, 15) is 9.59 Å². The molecule has 1 atom stereocenters. The van der Waals surface area contributed by atoms with E-state index in [4.69, 9.17) is 4.74 Å². The van der Waals surface area contributed by atoms with E-state index in [-0.39, 0.29) is 5.91 Å². The first-order chi connectivity index (χ1) is 6.79. The van der Waals surface area contributed by atoms with Crippen LogP contribution in [0.5, 0.6) is 0 Å². The molecule has 6 nitrogen and oxygen atoms in total. The minimum Gasteiger partial charge on any atom is -0.413 e. The van der Waals surface area contributed by atoms with Gasteiger partial charge >= 0.3 is 5.97 Å². The van der Waals surface area contributed by atoms with Crippen LogP contribution in [0.2, 0.25) is 0 Å². The van der Waals surface area contributed by atoms with Crippen LogP contribution in [0.1, 0.15) is 0 Å². The van der Waals surface area contributed by atoms with Crippen molar-refractivity contribution >= 4 is 18.3 Å². The number of esters is 1. The number of rotatable bonds is 1. The van der Waals surface area contributed by atoms with Gasteiger partial charge in [-0.05, 0) is 0 Å². The molecule has 1 saturated heterocycles. The van der Waals surface area contributed by atoms with E-state index < -0.39 is 12.0 Å². The first-order valence-corrected chi connectivity index (χ1v) is 4.38. The van der Waals surface area contributed by atoms with Gasteiger partial charge in [0.25, 0.3) is 5.91 Å². The molecule has 2 aliphatic heterocycles. The highest BCUT2D eigenvalue weighted by molar-refractivity contribution is 6.07. The third-order valence-corrected chi connectivity index (χ3v) is 2.16. The van der Waals surface area contributed by atoms with Gasteiger partial charge in [0.2, 0.25) is 6.04 Å². The second kappa shape index (κ2) is 3.75. The first-order valence-electron chi connectivity index (χ1n) is 4.38. The second-order valence-corrected chi connectivity index (χ2v) is 3.03. The van der Waals surface area contributed by atoms with Crippen molar-refractivity contribution in [3.63, 3.8) is 0 Å². The van der Waals surface area contributed by atoms with Gasteiger partial charge in [-0.15, -0.1) is 0 Å². The van der Waals surface area contributed by atoms with Gasteiger partial charge in [-0.25, -0.2) is 9.79 Å². The average Bonchev–Trinajstić information content (AvgIpc) is 2.65. The van der Waals surface area contributed by atoms with Crippen LogP contribution in [-0.4, -0.2) is 55.5 Å². The predicted octanol–water partition coefficient (Wildman–Crippen LogP) is -1.20. The monoisotopic (exact) mass is 198 g/mol. The molecule has 0 spiro atoms. The molecule has 14 heavy (non-hydrogen) atoms. The van der Waals surface area contributed by atoms with E-state index in [1.165, 1.54) is 0 Å². The third kappa shape index (κ3) is 1.60. The van der Waals surface area contributed by atoms with Crippen molar-refractivity contribution in [1.29, 1.82) is 0 Å². The minimum atomic E-state index is -0.993. The predicted molar refractivity (Wildman–Crippen MR) is 45.8 cm³/mol. The molecular weight excluding hydrogens is 188 g/mol. The smallest absolute Gasteiger partial charge is 0.347 e. The van der Waals surface area contributed by atoms with Crippen LogP contribution in [0.3, 0.4) is 0 Å². The molecule has 0 aromatic carbocycles. The molecule has 1 unspecified atom stereocenters. The molecule has 0 aromatic heterocycles. The van der Waals surface area contributed by atoms with Gasteiger partial charge in [0.05, 0.1) is 13.2 Å². The molecule has 0 saturated carbocycles. The maximum absolute atomic E-state index is 11.7. The van der Waals surface area contributed by atoms with Gasteiger partial charge in [0.15, 0.2) is 6.40 Å². The number of aliphatic imine (C=N–C) groups is 1. The van der Waals surface area contributed by atoms with Gasteiger partial charge in [-0.2, -0.15) is 0 Å². The van der Waals surface area contributed by atoms with Crippen molar-refractivity contribution in [1.82, 2.24) is 4.90 Å². The molecular formula is C8H10N2O4. The van der Waals surface area contributed by atoms with Crippen molar-refractivity contribution < 1.29 is 19.1 Å². The van der Waals surface area contributed by atoms with Gasteiger partial charge < -0.3 is 14.4 Å². The molecule has 2 heterocycles. The lowest BCUT2D eigenvalue weighted by Gasteiger charge is -2.27. The number of carbonyl (C=O) groups excluding carboxylic acids is 2. The molecule has 2 rings (SSSR count). The zero-order valence-corrected chi connectivity index (χ0v) is 7.51. The van der Waals surface area contributed by atoms with Crippen LogP contribution >= 0.6 is 0 Å². The van der Waals surface area contributed by atoms with Crippen LogP contribution in [0.25, 0.3) is 0 Å². The average molecular weight is 198 g/mol. The van der Waals surface area contributed by atoms with Crippen LogP contribution in [0.4, 0.5) is 0 Å². The van der Waals surface area contributed by atoms with Crippen LogP contribution in [0.15, 0.2) is 4.99 Å². The molecule has 0 radical (unpaired) electrons. The highest BCUT2D eigenvalue weighted by Crippen LogP contribution is 2.08. The van der Waals surface area contributed by atoms with Gasteiger partial charge in [0.1, 0.15) is 0 Å². The molecule has 76 valence electrons. The maximum Gasteiger partial charge on any atom is 0.347 e. The Hall–Kier alpha value is -1.43. The number of cyclic esters (lactones) is 1. The summed E-state index contributed by atoms with van der Waals surface area (Å²) in [4.78, 5) is 27.9. The van der Waals surface area contributed by atoms with Gasteiger partial charge in [-0.3, -0.25) is 4.79 Å². The van der Waals surface area contributed by atoms with E-state index in [0.29, 0.717) is 26.3 Å². The number of morpholine rings is 1. The van der Waals surface area contributed by atoms with Crippen molar-refractivity contribution in [3.8, 4) is 0 Å². The Morgan fingerprint density at radius 2 is 2.21 bits per heavy atom. The normalized spacial score (nSPS) is 26.4. The number of hydrogen-bond acceptors (Lipinski definition) is 5. The lowest BCUT2D eigenvalue weighted by molar-refractivity contribution is -0.145. The van der Waals surface area contributed by atoms with Crippen molar-refractivity contribution in [3.05, 3.63) is 0 Å². The van der Waals surface area contributed by atoms with Crippen molar-refractivity contribution in [2.24, 2.45) is 4.99 Å². The molecule has 2 aliphatic rings. The highest BCUT2D eigenvalue weighted by atomic mass is 16.5. The number of amides is 1.